The molecule has 1 amide bonds. The Labute approximate surface area is 146 Å². The topological polar surface area (TPSA) is 72.9 Å². The number of carbonyl (C=O) groups excluding carboxylic acids is 1. The Morgan fingerprint density at radius 2 is 1.96 bits per heavy atom. The van der Waals surface area contributed by atoms with Gasteiger partial charge in [0, 0.05) is 17.3 Å². The molecule has 2 atom stereocenters. The van der Waals surface area contributed by atoms with E-state index < -0.39 is 0 Å². The summed E-state index contributed by atoms with van der Waals surface area (Å²) in [6, 6.07) is 15.9. The third-order valence-corrected chi connectivity index (χ3v) is 5.17. The molecule has 1 aliphatic rings. The number of benzene rings is 2. The van der Waals surface area contributed by atoms with Gasteiger partial charge in [-0.15, -0.1) is 0 Å². The van der Waals surface area contributed by atoms with Gasteiger partial charge < -0.3 is 11.1 Å². The summed E-state index contributed by atoms with van der Waals surface area (Å²) in [5.74, 6) is 0.452. The van der Waals surface area contributed by atoms with E-state index in [9.17, 15) is 4.79 Å². The fourth-order valence-corrected chi connectivity index (χ4v) is 3.77. The van der Waals surface area contributed by atoms with Gasteiger partial charge in [-0.2, -0.15) is 0 Å². The van der Waals surface area contributed by atoms with Crippen molar-refractivity contribution >= 4 is 22.6 Å². The van der Waals surface area contributed by atoms with Crippen LogP contribution in [-0.4, -0.2) is 22.0 Å². The quantitative estimate of drug-likeness (QED) is 0.768. The lowest BCUT2D eigenvalue weighted by Crippen LogP contribution is -2.29. The van der Waals surface area contributed by atoms with E-state index in [1.807, 2.05) is 59.4 Å². The molecule has 5 heteroatoms. The van der Waals surface area contributed by atoms with Gasteiger partial charge in [0.2, 0.25) is 5.91 Å². The average molecular weight is 334 g/mol. The number of hydrogen-bond donors (Lipinski definition) is 2. The van der Waals surface area contributed by atoms with Crippen LogP contribution in [0.15, 0.2) is 54.9 Å². The summed E-state index contributed by atoms with van der Waals surface area (Å²) in [4.78, 5) is 16.9. The zero-order chi connectivity index (χ0) is 17.2. The van der Waals surface area contributed by atoms with Crippen LogP contribution in [0.2, 0.25) is 0 Å². The molecular formula is C20H22N4O. The summed E-state index contributed by atoms with van der Waals surface area (Å²) in [6.07, 6.45) is 4.91. The van der Waals surface area contributed by atoms with Crippen molar-refractivity contribution in [3.63, 3.8) is 0 Å². The Balaban J connectivity index is 1.51. The summed E-state index contributed by atoms with van der Waals surface area (Å²) in [7, 11) is 0. The van der Waals surface area contributed by atoms with Crippen LogP contribution >= 0.6 is 0 Å². The maximum Gasteiger partial charge on any atom is 0.227 e. The van der Waals surface area contributed by atoms with Crippen molar-refractivity contribution in [2.75, 3.05) is 11.9 Å². The van der Waals surface area contributed by atoms with E-state index in [-0.39, 0.29) is 11.8 Å². The number of nitrogens with two attached hydrogens (primary N) is 1. The minimum atomic E-state index is 0.0438. The van der Waals surface area contributed by atoms with E-state index in [4.69, 9.17) is 5.73 Å². The predicted molar refractivity (Wildman–Crippen MR) is 99.6 cm³/mol. The fraction of sp³-hybridized carbons (Fsp3) is 0.300. The molecule has 128 valence electrons. The molecule has 1 saturated carbocycles. The number of amides is 1. The highest BCUT2D eigenvalue weighted by molar-refractivity contribution is 5.93. The van der Waals surface area contributed by atoms with Crippen LogP contribution in [0.5, 0.6) is 0 Å². The van der Waals surface area contributed by atoms with Crippen LogP contribution in [0.4, 0.5) is 5.69 Å². The van der Waals surface area contributed by atoms with Crippen LogP contribution in [0.1, 0.15) is 19.3 Å². The summed E-state index contributed by atoms with van der Waals surface area (Å²) >= 11 is 0. The summed E-state index contributed by atoms with van der Waals surface area (Å²) < 4.78 is 2.04. The summed E-state index contributed by atoms with van der Waals surface area (Å²) in [5, 5.41) is 3.04. The van der Waals surface area contributed by atoms with Crippen LogP contribution < -0.4 is 11.1 Å². The van der Waals surface area contributed by atoms with E-state index in [1.165, 1.54) is 0 Å². The van der Waals surface area contributed by atoms with Gasteiger partial charge in [-0.3, -0.25) is 9.36 Å². The molecule has 3 aromatic rings. The Kier molecular flexibility index (Phi) is 4.24. The molecule has 5 nitrogen and oxygen atoms in total. The van der Waals surface area contributed by atoms with E-state index in [0.29, 0.717) is 12.5 Å². The SMILES string of the molecule is NC[C@H]1CCC[C@H]1C(=O)Nc1ccc(-n2cnc3ccccc32)cc1. The van der Waals surface area contributed by atoms with Gasteiger partial charge in [0.25, 0.3) is 0 Å². The third kappa shape index (κ3) is 3.03. The van der Waals surface area contributed by atoms with Gasteiger partial charge >= 0.3 is 0 Å². The van der Waals surface area contributed by atoms with Gasteiger partial charge in [-0.25, -0.2) is 4.98 Å². The highest BCUT2D eigenvalue weighted by Crippen LogP contribution is 2.32. The average Bonchev–Trinajstić information content (AvgIpc) is 3.29. The number of nitrogens with zero attached hydrogens (tertiary/aromatic N) is 2. The molecule has 0 spiro atoms. The highest BCUT2D eigenvalue weighted by Gasteiger charge is 2.31. The molecular weight excluding hydrogens is 312 g/mol. The van der Waals surface area contributed by atoms with E-state index in [1.54, 1.807) is 0 Å². The molecule has 0 unspecified atom stereocenters. The van der Waals surface area contributed by atoms with Crippen LogP contribution in [0.25, 0.3) is 16.7 Å². The van der Waals surface area contributed by atoms with Crippen molar-refractivity contribution in [3.05, 3.63) is 54.9 Å². The molecule has 0 saturated heterocycles. The summed E-state index contributed by atoms with van der Waals surface area (Å²) in [5.41, 5.74) is 9.66. The van der Waals surface area contributed by atoms with Gasteiger partial charge in [-0.05, 0) is 61.7 Å². The first-order chi connectivity index (χ1) is 12.3. The molecule has 3 N–H and O–H groups in total. The molecule has 2 aromatic carbocycles. The first-order valence-electron chi connectivity index (χ1n) is 8.80. The Morgan fingerprint density at radius 3 is 2.76 bits per heavy atom. The lowest BCUT2D eigenvalue weighted by Gasteiger charge is -2.17. The standard InChI is InChI=1S/C20H22N4O/c21-12-14-4-3-5-17(14)20(25)23-15-8-10-16(11-9-15)24-13-22-18-6-1-2-7-19(18)24/h1-2,6-11,13-14,17H,3-5,12,21H2,(H,23,25)/t14-,17-/m1/s1. The molecule has 1 aliphatic carbocycles. The monoisotopic (exact) mass is 334 g/mol. The second kappa shape index (κ2) is 6.69. The van der Waals surface area contributed by atoms with Gasteiger partial charge in [0.05, 0.1) is 11.0 Å². The molecule has 4 rings (SSSR count). The number of nitrogens with one attached hydrogen (secondary N) is 1. The maximum absolute atomic E-state index is 12.5. The van der Waals surface area contributed by atoms with Gasteiger partial charge in [0.1, 0.15) is 6.33 Å². The summed E-state index contributed by atoms with van der Waals surface area (Å²) in [6.45, 7) is 0.588. The van der Waals surface area contributed by atoms with Crippen molar-refractivity contribution in [2.45, 2.75) is 19.3 Å². The fourth-order valence-electron chi connectivity index (χ4n) is 3.77. The number of rotatable bonds is 4. The highest BCUT2D eigenvalue weighted by atomic mass is 16.1. The maximum atomic E-state index is 12.5. The Bertz CT molecular complexity index is 884. The van der Waals surface area contributed by atoms with Gasteiger partial charge in [0.15, 0.2) is 0 Å². The largest absolute Gasteiger partial charge is 0.330 e. The molecule has 0 aliphatic heterocycles. The third-order valence-electron chi connectivity index (χ3n) is 5.17. The van der Waals surface area contributed by atoms with Crippen molar-refractivity contribution in [1.29, 1.82) is 0 Å². The minimum Gasteiger partial charge on any atom is -0.330 e. The lowest BCUT2D eigenvalue weighted by atomic mass is 9.95. The first-order valence-corrected chi connectivity index (χ1v) is 8.80. The minimum absolute atomic E-state index is 0.0438. The molecule has 1 aromatic heterocycles. The number of fused-ring (bicyclic) bond motifs is 1. The Morgan fingerprint density at radius 1 is 1.16 bits per heavy atom. The van der Waals surface area contributed by atoms with Crippen molar-refractivity contribution < 1.29 is 4.79 Å². The van der Waals surface area contributed by atoms with E-state index in [0.717, 1.165) is 41.7 Å². The first kappa shape index (κ1) is 15.8. The molecule has 0 bridgehead atoms. The normalized spacial score (nSPS) is 20.0. The van der Waals surface area contributed by atoms with Crippen molar-refractivity contribution in [3.8, 4) is 5.69 Å². The Hall–Kier alpha value is -2.66. The number of carbonyl (C=O) groups is 1. The number of para-hydroxylation sites is 2. The zero-order valence-electron chi connectivity index (χ0n) is 14.1. The second-order valence-corrected chi connectivity index (χ2v) is 6.67. The van der Waals surface area contributed by atoms with Crippen LogP contribution in [0, 0.1) is 11.8 Å². The van der Waals surface area contributed by atoms with Crippen molar-refractivity contribution in [1.82, 2.24) is 9.55 Å². The van der Waals surface area contributed by atoms with E-state index in [2.05, 4.69) is 10.3 Å². The smallest absolute Gasteiger partial charge is 0.227 e. The van der Waals surface area contributed by atoms with E-state index >= 15 is 0 Å². The number of anilines is 1. The second-order valence-electron chi connectivity index (χ2n) is 6.67. The number of hydrogen-bond acceptors (Lipinski definition) is 3. The lowest BCUT2D eigenvalue weighted by molar-refractivity contribution is -0.120. The molecule has 1 fully saturated rings. The number of aromatic nitrogens is 2. The van der Waals surface area contributed by atoms with Crippen LogP contribution in [0.3, 0.4) is 0 Å². The zero-order valence-corrected chi connectivity index (χ0v) is 14.1. The van der Waals surface area contributed by atoms with Gasteiger partial charge in [-0.1, -0.05) is 18.6 Å². The van der Waals surface area contributed by atoms with Crippen LogP contribution in [-0.2, 0) is 4.79 Å². The van der Waals surface area contributed by atoms with Crippen molar-refractivity contribution in [2.24, 2.45) is 17.6 Å². The molecule has 0 radical (unpaired) electrons. The molecule has 25 heavy (non-hydrogen) atoms. The molecule has 1 heterocycles. The number of imidazole rings is 1. The predicted octanol–water partition coefficient (Wildman–Crippen LogP) is 3.34.